The average Bonchev–Trinajstić information content (AvgIpc) is 2.81. The van der Waals surface area contributed by atoms with E-state index in [0.717, 1.165) is 30.0 Å². The van der Waals surface area contributed by atoms with Gasteiger partial charge in [0.05, 0.1) is 0 Å². The molecular formula is C14H25N5. The van der Waals surface area contributed by atoms with Crippen molar-refractivity contribution in [2.45, 2.75) is 46.0 Å². The van der Waals surface area contributed by atoms with Crippen molar-refractivity contribution in [3.63, 3.8) is 0 Å². The molecule has 1 aromatic heterocycles. The van der Waals surface area contributed by atoms with Crippen molar-refractivity contribution in [2.75, 3.05) is 17.3 Å². The van der Waals surface area contributed by atoms with Gasteiger partial charge in [-0.15, -0.1) is 0 Å². The topological polar surface area (TPSA) is 75.9 Å². The summed E-state index contributed by atoms with van der Waals surface area (Å²) in [4.78, 5) is 8.90. The van der Waals surface area contributed by atoms with Crippen LogP contribution in [0.5, 0.6) is 0 Å². The van der Waals surface area contributed by atoms with Gasteiger partial charge in [-0.2, -0.15) is 0 Å². The van der Waals surface area contributed by atoms with Crippen LogP contribution in [0.3, 0.4) is 0 Å². The second-order valence-corrected chi connectivity index (χ2v) is 5.96. The number of hydrogen-bond acceptors (Lipinski definition) is 5. The fourth-order valence-electron chi connectivity index (χ4n) is 2.65. The monoisotopic (exact) mass is 263 g/mol. The average molecular weight is 263 g/mol. The van der Waals surface area contributed by atoms with Gasteiger partial charge in [0, 0.05) is 18.5 Å². The number of anilines is 2. The highest BCUT2D eigenvalue weighted by atomic mass is 15.3. The van der Waals surface area contributed by atoms with Crippen LogP contribution in [0.2, 0.25) is 0 Å². The summed E-state index contributed by atoms with van der Waals surface area (Å²) >= 11 is 0. The second kappa shape index (κ2) is 6.19. The molecule has 5 nitrogen and oxygen atoms in total. The van der Waals surface area contributed by atoms with E-state index in [-0.39, 0.29) is 0 Å². The van der Waals surface area contributed by atoms with Crippen molar-refractivity contribution in [2.24, 2.45) is 17.7 Å². The number of nitrogens with two attached hydrogens (primary N) is 1. The second-order valence-electron chi connectivity index (χ2n) is 5.96. The highest BCUT2D eigenvalue weighted by molar-refractivity contribution is 5.47. The molecule has 0 aliphatic heterocycles. The molecule has 1 fully saturated rings. The van der Waals surface area contributed by atoms with Crippen molar-refractivity contribution >= 4 is 11.6 Å². The normalized spacial score (nSPS) is 22.8. The van der Waals surface area contributed by atoms with Crippen LogP contribution in [0, 0.1) is 11.8 Å². The first-order chi connectivity index (χ1) is 9.08. The van der Waals surface area contributed by atoms with Crippen LogP contribution in [0.25, 0.3) is 0 Å². The molecule has 1 saturated carbocycles. The molecule has 19 heavy (non-hydrogen) atoms. The van der Waals surface area contributed by atoms with Crippen molar-refractivity contribution in [3.8, 4) is 0 Å². The molecule has 1 heterocycles. The molecule has 1 aliphatic carbocycles. The summed E-state index contributed by atoms with van der Waals surface area (Å²) in [6.07, 6.45) is 3.98. The largest absolute Gasteiger partial charge is 0.370 e. The van der Waals surface area contributed by atoms with E-state index < -0.39 is 0 Å². The maximum absolute atomic E-state index is 5.46. The number of aromatic nitrogens is 2. The zero-order chi connectivity index (χ0) is 13.8. The van der Waals surface area contributed by atoms with Crippen LogP contribution >= 0.6 is 0 Å². The van der Waals surface area contributed by atoms with Gasteiger partial charge in [-0.25, -0.2) is 15.8 Å². The van der Waals surface area contributed by atoms with Crippen molar-refractivity contribution in [1.82, 2.24) is 9.97 Å². The summed E-state index contributed by atoms with van der Waals surface area (Å²) in [5.41, 5.74) is 2.61. The quantitative estimate of drug-likeness (QED) is 0.562. The van der Waals surface area contributed by atoms with Crippen molar-refractivity contribution < 1.29 is 0 Å². The van der Waals surface area contributed by atoms with Crippen LogP contribution < -0.4 is 16.6 Å². The fourth-order valence-corrected chi connectivity index (χ4v) is 2.65. The Labute approximate surface area is 115 Å². The summed E-state index contributed by atoms with van der Waals surface area (Å²) < 4.78 is 0. The minimum absolute atomic E-state index is 0.292. The Morgan fingerprint density at radius 2 is 2.05 bits per heavy atom. The Morgan fingerprint density at radius 3 is 2.63 bits per heavy atom. The first kappa shape index (κ1) is 14.1. The molecule has 1 aromatic rings. The lowest BCUT2D eigenvalue weighted by atomic mass is 10.1. The van der Waals surface area contributed by atoms with Crippen LogP contribution in [-0.4, -0.2) is 16.5 Å². The SMILES string of the molecule is CC1CCC(CNc2cc(NN)nc(C(C)C)n2)C1. The van der Waals surface area contributed by atoms with Crippen molar-refractivity contribution in [3.05, 3.63) is 11.9 Å². The molecule has 2 rings (SSSR count). The number of nitrogen functional groups attached to an aromatic ring is 1. The summed E-state index contributed by atoms with van der Waals surface area (Å²) in [6, 6.07) is 1.87. The Bertz CT molecular complexity index is 418. The van der Waals surface area contributed by atoms with E-state index in [1.165, 1.54) is 19.3 Å². The van der Waals surface area contributed by atoms with E-state index in [4.69, 9.17) is 5.84 Å². The molecule has 5 heteroatoms. The van der Waals surface area contributed by atoms with E-state index in [0.29, 0.717) is 11.7 Å². The van der Waals surface area contributed by atoms with Gasteiger partial charge in [0.25, 0.3) is 0 Å². The van der Waals surface area contributed by atoms with Gasteiger partial charge in [0.2, 0.25) is 0 Å². The van der Waals surface area contributed by atoms with E-state index in [1.54, 1.807) is 0 Å². The lowest BCUT2D eigenvalue weighted by Crippen LogP contribution is -2.16. The molecule has 0 saturated heterocycles. The number of rotatable bonds is 5. The molecule has 0 aromatic carbocycles. The van der Waals surface area contributed by atoms with Crippen LogP contribution in [0.1, 0.15) is 51.8 Å². The van der Waals surface area contributed by atoms with Gasteiger partial charge in [-0.1, -0.05) is 27.2 Å². The fraction of sp³-hybridized carbons (Fsp3) is 0.714. The summed E-state index contributed by atoms with van der Waals surface area (Å²) in [5, 5.41) is 3.43. The molecule has 106 valence electrons. The minimum Gasteiger partial charge on any atom is -0.370 e. The number of hydrogen-bond donors (Lipinski definition) is 3. The summed E-state index contributed by atoms with van der Waals surface area (Å²) in [6.45, 7) is 7.48. The van der Waals surface area contributed by atoms with E-state index >= 15 is 0 Å². The van der Waals surface area contributed by atoms with Gasteiger partial charge in [-0.3, -0.25) is 0 Å². The summed E-state index contributed by atoms with van der Waals surface area (Å²) in [7, 11) is 0. The predicted octanol–water partition coefficient (Wildman–Crippen LogP) is 2.73. The molecule has 0 bridgehead atoms. The Kier molecular flexibility index (Phi) is 4.58. The molecule has 4 N–H and O–H groups in total. The first-order valence-corrected chi connectivity index (χ1v) is 7.18. The third-order valence-electron chi connectivity index (χ3n) is 3.78. The Balaban J connectivity index is 2.00. The van der Waals surface area contributed by atoms with Gasteiger partial charge >= 0.3 is 0 Å². The van der Waals surface area contributed by atoms with Crippen LogP contribution in [-0.2, 0) is 0 Å². The Hall–Kier alpha value is -1.36. The third kappa shape index (κ3) is 3.80. The van der Waals surface area contributed by atoms with Gasteiger partial charge in [-0.05, 0) is 24.7 Å². The molecular weight excluding hydrogens is 238 g/mol. The number of hydrazine groups is 1. The van der Waals surface area contributed by atoms with Crippen molar-refractivity contribution in [1.29, 1.82) is 0 Å². The zero-order valence-corrected chi connectivity index (χ0v) is 12.1. The molecule has 0 radical (unpaired) electrons. The van der Waals surface area contributed by atoms with E-state index in [2.05, 4.69) is 41.5 Å². The maximum Gasteiger partial charge on any atom is 0.145 e. The first-order valence-electron chi connectivity index (χ1n) is 7.18. The molecule has 0 amide bonds. The van der Waals surface area contributed by atoms with E-state index in [1.807, 2.05) is 6.07 Å². The van der Waals surface area contributed by atoms with Crippen LogP contribution in [0.4, 0.5) is 11.6 Å². The van der Waals surface area contributed by atoms with Crippen LogP contribution in [0.15, 0.2) is 6.07 Å². The number of nitrogens with one attached hydrogen (secondary N) is 2. The summed E-state index contributed by atoms with van der Waals surface area (Å²) in [5.74, 6) is 9.73. The van der Waals surface area contributed by atoms with Gasteiger partial charge in [0.1, 0.15) is 17.5 Å². The maximum atomic E-state index is 5.46. The standard InChI is InChI=1S/C14H25N5/c1-9(2)14-17-12(7-13(18-14)19-15)16-8-11-5-4-10(3)6-11/h7,9-11H,4-6,8,15H2,1-3H3,(H2,16,17,18,19). The molecule has 2 unspecified atom stereocenters. The Morgan fingerprint density at radius 1 is 1.32 bits per heavy atom. The van der Waals surface area contributed by atoms with E-state index in [9.17, 15) is 0 Å². The van der Waals surface area contributed by atoms with Gasteiger partial charge in [0.15, 0.2) is 0 Å². The highest BCUT2D eigenvalue weighted by Crippen LogP contribution is 2.30. The number of nitrogens with zero attached hydrogens (tertiary/aromatic N) is 2. The predicted molar refractivity (Wildman–Crippen MR) is 78.9 cm³/mol. The smallest absolute Gasteiger partial charge is 0.145 e. The third-order valence-corrected chi connectivity index (χ3v) is 3.78. The van der Waals surface area contributed by atoms with Gasteiger partial charge < -0.3 is 10.7 Å². The highest BCUT2D eigenvalue weighted by Gasteiger charge is 2.21. The lowest BCUT2D eigenvalue weighted by molar-refractivity contribution is 0.536. The lowest BCUT2D eigenvalue weighted by Gasteiger charge is -2.14. The zero-order valence-electron chi connectivity index (χ0n) is 12.1. The molecule has 0 spiro atoms. The minimum atomic E-state index is 0.292. The molecule has 2 atom stereocenters. The molecule has 1 aliphatic rings.